The molecule has 0 aromatic carbocycles. The fourth-order valence-corrected chi connectivity index (χ4v) is 0.959. The Morgan fingerprint density at radius 3 is 2.29 bits per heavy atom. The van der Waals surface area contributed by atoms with Gasteiger partial charge in [0, 0.05) is 6.42 Å². The van der Waals surface area contributed by atoms with Crippen molar-refractivity contribution < 1.29 is 14.3 Å². The summed E-state index contributed by atoms with van der Waals surface area (Å²) in [6.07, 6.45) is 10.1. The first kappa shape index (κ1) is 12.3. The van der Waals surface area contributed by atoms with E-state index in [1.807, 2.05) is 0 Å². The van der Waals surface area contributed by atoms with Crippen molar-refractivity contribution in [1.82, 2.24) is 0 Å². The largest absolute Gasteiger partial charge is 0.464 e. The molecular formula is C11H12O3. The fraction of sp³-hybridized carbons (Fsp3) is 0.455. The van der Waals surface area contributed by atoms with E-state index in [4.69, 9.17) is 17.6 Å². The minimum atomic E-state index is -1.61. The first-order chi connectivity index (χ1) is 6.55. The molecular weight excluding hydrogens is 180 g/mol. The normalized spacial score (nSPS) is 13.1. The minimum Gasteiger partial charge on any atom is -0.464 e. The van der Waals surface area contributed by atoms with Gasteiger partial charge in [-0.25, -0.2) is 4.79 Å². The lowest BCUT2D eigenvalue weighted by atomic mass is 9.82. The molecule has 0 aliphatic rings. The van der Waals surface area contributed by atoms with E-state index in [2.05, 4.69) is 11.8 Å². The lowest BCUT2D eigenvalue weighted by Gasteiger charge is -2.20. The third-order valence-electron chi connectivity index (χ3n) is 1.84. The molecule has 0 saturated carbocycles. The summed E-state index contributed by atoms with van der Waals surface area (Å²) < 4.78 is 4.71. The van der Waals surface area contributed by atoms with Gasteiger partial charge in [0.05, 0.1) is 6.61 Å². The third kappa shape index (κ3) is 2.14. The second-order valence-electron chi connectivity index (χ2n) is 2.71. The molecule has 0 radical (unpaired) electrons. The van der Waals surface area contributed by atoms with Crippen molar-refractivity contribution in [1.29, 1.82) is 0 Å². The van der Waals surface area contributed by atoms with Crippen molar-refractivity contribution in [2.45, 2.75) is 20.3 Å². The molecule has 3 nitrogen and oxygen atoms in total. The van der Waals surface area contributed by atoms with Gasteiger partial charge in [0.1, 0.15) is 0 Å². The van der Waals surface area contributed by atoms with Crippen LogP contribution >= 0.6 is 0 Å². The van der Waals surface area contributed by atoms with Crippen molar-refractivity contribution in [3.63, 3.8) is 0 Å². The van der Waals surface area contributed by atoms with E-state index >= 15 is 0 Å². The average molecular weight is 192 g/mol. The van der Waals surface area contributed by atoms with Crippen LogP contribution in [0.5, 0.6) is 0 Å². The van der Waals surface area contributed by atoms with Crippen LogP contribution in [-0.4, -0.2) is 18.4 Å². The Labute approximate surface area is 83.8 Å². The van der Waals surface area contributed by atoms with E-state index in [-0.39, 0.29) is 13.0 Å². The van der Waals surface area contributed by atoms with Crippen LogP contribution in [0.15, 0.2) is 0 Å². The van der Waals surface area contributed by atoms with Crippen LogP contribution in [0.2, 0.25) is 0 Å². The van der Waals surface area contributed by atoms with Gasteiger partial charge < -0.3 is 4.74 Å². The highest BCUT2D eigenvalue weighted by Gasteiger charge is 2.42. The molecule has 0 saturated heterocycles. The number of ketones is 1. The van der Waals surface area contributed by atoms with Gasteiger partial charge in [-0.15, -0.1) is 18.8 Å². The fourth-order valence-electron chi connectivity index (χ4n) is 0.959. The van der Waals surface area contributed by atoms with Gasteiger partial charge >= 0.3 is 5.97 Å². The molecule has 0 fully saturated rings. The van der Waals surface area contributed by atoms with E-state index in [1.54, 1.807) is 6.92 Å². The van der Waals surface area contributed by atoms with Crippen molar-refractivity contribution in [2.75, 3.05) is 6.61 Å². The first-order valence-corrected chi connectivity index (χ1v) is 4.14. The summed E-state index contributed by atoms with van der Waals surface area (Å²) in [5.41, 5.74) is -1.61. The van der Waals surface area contributed by atoms with Crippen LogP contribution in [-0.2, 0) is 14.3 Å². The predicted molar refractivity (Wildman–Crippen MR) is 52.0 cm³/mol. The van der Waals surface area contributed by atoms with E-state index < -0.39 is 17.2 Å². The Bertz CT molecular complexity index is 316. The Balaban J connectivity index is 5.08. The van der Waals surface area contributed by atoms with Gasteiger partial charge in [-0.1, -0.05) is 5.92 Å². The molecule has 0 aromatic rings. The summed E-state index contributed by atoms with van der Waals surface area (Å²) in [5.74, 6) is 3.15. The quantitative estimate of drug-likeness (QED) is 0.375. The maximum Gasteiger partial charge on any atom is 0.332 e. The topological polar surface area (TPSA) is 43.4 Å². The molecule has 1 unspecified atom stereocenters. The van der Waals surface area contributed by atoms with Crippen LogP contribution in [0, 0.1) is 30.1 Å². The second-order valence-corrected chi connectivity index (χ2v) is 2.71. The Morgan fingerprint density at radius 2 is 2.00 bits per heavy atom. The molecule has 3 heteroatoms. The number of ether oxygens (including phenoxy) is 1. The van der Waals surface area contributed by atoms with E-state index in [9.17, 15) is 9.59 Å². The summed E-state index contributed by atoms with van der Waals surface area (Å²) in [5, 5.41) is 0. The van der Waals surface area contributed by atoms with Gasteiger partial charge in [0.25, 0.3) is 0 Å². The van der Waals surface area contributed by atoms with Crippen molar-refractivity contribution in [2.24, 2.45) is 5.41 Å². The van der Waals surface area contributed by atoms with Crippen LogP contribution in [0.3, 0.4) is 0 Å². The van der Waals surface area contributed by atoms with Crippen LogP contribution in [0.4, 0.5) is 0 Å². The van der Waals surface area contributed by atoms with Crippen molar-refractivity contribution >= 4 is 11.8 Å². The lowest BCUT2D eigenvalue weighted by Crippen LogP contribution is -2.37. The third-order valence-corrected chi connectivity index (χ3v) is 1.84. The molecule has 0 amide bonds. The smallest absolute Gasteiger partial charge is 0.332 e. The standard InChI is InChI=1S/C11H12O3/c1-5-8-11(6-2,9(4)12)10(13)14-7-3/h1-2H,7-8H2,3-4H3. The highest BCUT2D eigenvalue weighted by Crippen LogP contribution is 2.24. The Morgan fingerprint density at radius 1 is 1.43 bits per heavy atom. The van der Waals surface area contributed by atoms with E-state index in [0.29, 0.717) is 0 Å². The number of esters is 1. The molecule has 1 atom stereocenters. The molecule has 0 aliphatic carbocycles. The van der Waals surface area contributed by atoms with E-state index in [1.165, 1.54) is 6.92 Å². The van der Waals surface area contributed by atoms with Crippen LogP contribution < -0.4 is 0 Å². The predicted octanol–water partition coefficient (Wildman–Crippen LogP) is 0.781. The van der Waals surface area contributed by atoms with Gasteiger partial charge in [-0.3, -0.25) is 4.79 Å². The van der Waals surface area contributed by atoms with Crippen molar-refractivity contribution in [3.05, 3.63) is 0 Å². The highest BCUT2D eigenvalue weighted by atomic mass is 16.5. The zero-order chi connectivity index (χ0) is 11.2. The van der Waals surface area contributed by atoms with Crippen LogP contribution in [0.25, 0.3) is 0 Å². The maximum atomic E-state index is 11.4. The van der Waals surface area contributed by atoms with E-state index in [0.717, 1.165) is 0 Å². The molecule has 0 aromatic heterocycles. The van der Waals surface area contributed by atoms with Gasteiger partial charge in [-0.05, 0) is 13.8 Å². The van der Waals surface area contributed by atoms with Gasteiger partial charge in [0.2, 0.25) is 0 Å². The summed E-state index contributed by atoms with van der Waals surface area (Å²) >= 11 is 0. The van der Waals surface area contributed by atoms with Gasteiger partial charge in [0.15, 0.2) is 11.2 Å². The summed E-state index contributed by atoms with van der Waals surface area (Å²) in [4.78, 5) is 22.7. The number of hydrogen-bond donors (Lipinski definition) is 0. The molecule has 0 spiro atoms. The molecule has 0 rings (SSSR count). The minimum absolute atomic E-state index is 0.127. The average Bonchev–Trinajstić information content (AvgIpc) is 2.14. The molecule has 74 valence electrons. The lowest BCUT2D eigenvalue weighted by molar-refractivity contribution is -0.155. The van der Waals surface area contributed by atoms with Crippen molar-refractivity contribution in [3.8, 4) is 24.7 Å². The number of Topliss-reactive ketones (excluding diaryl/α,β-unsaturated/α-hetero) is 1. The number of terminal acetylenes is 2. The first-order valence-electron chi connectivity index (χ1n) is 4.14. The number of carbonyl (C=O) groups excluding carboxylic acids is 2. The second kappa shape index (κ2) is 5.09. The summed E-state index contributed by atoms with van der Waals surface area (Å²) in [6.45, 7) is 3.03. The number of carbonyl (C=O) groups is 2. The van der Waals surface area contributed by atoms with Gasteiger partial charge in [-0.2, -0.15) is 0 Å². The zero-order valence-electron chi connectivity index (χ0n) is 8.29. The molecule has 0 bridgehead atoms. The Hall–Kier alpha value is -1.74. The Kier molecular flexibility index (Phi) is 4.46. The molecule has 0 N–H and O–H groups in total. The monoisotopic (exact) mass is 192 g/mol. The number of rotatable bonds is 4. The number of hydrogen-bond acceptors (Lipinski definition) is 3. The SMILES string of the molecule is C#CCC(C#C)(C(C)=O)C(=O)OCC. The zero-order valence-corrected chi connectivity index (χ0v) is 8.29. The summed E-state index contributed by atoms with van der Waals surface area (Å²) in [7, 11) is 0. The molecule has 0 aliphatic heterocycles. The highest BCUT2D eigenvalue weighted by molar-refractivity contribution is 6.06. The molecule has 0 heterocycles. The summed E-state index contributed by atoms with van der Waals surface area (Å²) in [6, 6.07) is 0. The maximum absolute atomic E-state index is 11.4. The van der Waals surface area contributed by atoms with Crippen LogP contribution in [0.1, 0.15) is 20.3 Å². The molecule has 14 heavy (non-hydrogen) atoms.